The maximum absolute atomic E-state index is 6.27. The summed E-state index contributed by atoms with van der Waals surface area (Å²) >= 11 is 21.9. The average molecular weight is 395 g/mol. The summed E-state index contributed by atoms with van der Waals surface area (Å²) in [5, 5.41) is 1.79. The Bertz CT molecular complexity index is 616. The number of hydrogen-bond acceptors (Lipinski definition) is 1. The van der Waals surface area contributed by atoms with Crippen molar-refractivity contribution in [2.24, 2.45) is 0 Å². The molecule has 106 valence electrons. The molecule has 5 heteroatoms. The Kier molecular flexibility index (Phi) is 5.62. The van der Waals surface area contributed by atoms with Gasteiger partial charge in [-0.1, -0.05) is 62.9 Å². The fourth-order valence-corrected chi connectivity index (χ4v) is 3.40. The summed E-state index contributed by atoms with van der Waals surface area (Å²) in [6, 6.07) is 11.3. The van der Waals surface area contributed by atoms with Gasteiger partial charge in [-0.2, -0.15) is 0 Å². The minimum Gasteiger partial charge on any atom is -0.497 e. The van der Waals surface area contributed by atoms with Crippen molar-refractivity contribution in [3.8, 4) is 5.75 Å². The van der Waals surface area contributed by atoms with E-state index in [-0.39, 0.29) is 4.83 Å². The molecule has 0 saturated heterocycles. The van der Waals surface area contributed by atoms with Gasteiger partial charge in [0.1, 0.15) is 5.75 Å². The zero-order valence-corrected chi connectivity index (χ0v) is 14.5. The SMILES string of the molecule is COc1ccc(C(Br)Cc2ccc(Cl)c(Cl)c2)c(Cl)c1. The van der Waals surface area contributed by atoms with E-state index in [1.807, 2.05) is 24.3 Å². The first-order valence-corrected chi connectivity index (χ1v) is 7.97. The molecule has 0 spiro atoms. The summed E-state index contributed by atoms with van der Waals surface area (Å²) in [5.74, 6) is 0.744. The van der Waals surface area contributed by atoms with Gasteiger partial charge in [0.05, 0.1) is 17.2 Å². The van der Waals surface area contributed by atoms with Gasteiger partial charge in [0.2, 0.25) is 0 Å². The van der Waals surface area contributed by atoms with Crippen molar-refractivity contribution in [2.75, 3.05) is 7.11 Å². The molecule has 20 heavy (non-hydrogen) atoms. The Morgan fingerprint density at radius 2 is 1.75 bits per heavy atom. The summed E-state index contributed by atoms with van der Waals surface area (Å²) in [4.78, 5) is 0.0955. The molecule has 2 rings (SSSR count). The molecule has 0 aliphatic rings. The Labute approximate surface area is 141 Å². The van der Waals surface area contributed by atoms with E-state index in [0.29, 0.717) is 15.1 Å². The molecule has 0 N–H and O–H groups in total. The summed E-state index contributed by atoms with van der Waals surface area (Å²) in [5.41, 5.74) is 2.10. The van der Waals surface area contributed by atoms with Gasteiger partial charge in [-0.15, -0.1) is 0 Å². The van der Waals surface area contributed by atoms with Gasteiger partial charge in [0.25, 0.3) is 0 Å². The third kappa shape index (κ3) is 3.82. The fourth-order valence-electron chi connectivity index (χ4n) is 1.87. The van der Waals surface area contributed by atoms with Crippen molar-refractivity contribution in [2.45, 2.75) is 11.2 Å². The lowest BCUT2D eigenvalue weighted by Crippen LogP contribution is -1.97. The second-order valence-electron chi connectivity index (χ2n) is 4.31. The number of methoxy groups -OCH3 is 1. The number of rotatable bonds is 4. The van der Waals surface area contributed by atoms with Crippen LogP contribution >= 0.6 is 50.7 Å². The van der Waals surface area contributed by atoms with Crippen LogP contribution in [0.3, 0.4) is 0 Å². The van der Waals surface area contributed by atoms with Crippen molar-refractivity contribution in [1.29, 1.82) is 0 Å². The monoisotopic (exact) mass is 392 g/mol. The number of benzene rings is 2. The molecular weight excluding hydrogens is 382 g/mol. The van der Waals surface area contributed by atoms with Crippen LogP contribution in [0.2, 0.25) is 15.1 Å². The van der Waals surface area contributed by atoms with Gasteiger partial charge in [-0.05, 0) is 41.8 Å². The molecule has 0 radical (unpaired) electrons. The second-order valence-corrected chi connectivity index (χ2v) is 6.63. The third-order valence-corrected chi connectivity index (χ3v) is 4.83. The summed E-state index contributed by atoms with van der Waals surface area (Å²) in [6.45, 7) is 0. The number of halogens is 4. The second kappa shape index (κ2) is 7.04. The molecule has 0 bridgehead atoms. The van der Waals surface area contributed by atoms with E-state index in [1.54, 1.807) is 19.2 Å². The zero-order chi connectivity index (χ0) is 14.7. The summed E-state index contributed by atoms with van der Waals surface area (Å²) < 4.78 is 5.15. The third-order valence-electron chi connectivity index (χ3n) is 2.94. The molecule has 0 saturated carbocycles. The largest absolute Gasteiger partial charge is 0.497 e. The quantitative estimate of drug-likeness (QED) is 0.550. The molecule has 2 aromatic rings. The highest BCUT2D eigenvalue weighted by atomic mass is 79.9. The van der Waals surface area contributed by atoms with E-state index < -0.39 is 0 Å². The van der Waals surface area contributed by atoms with Crippen molar-refractivity contribution < 1.29 is 4.74 Å². The minimum absolute atomic E-state index is 0.0955. The van der Waals surface area contributed by atoms with Gasteiger partial charge < -0.3 is 4.74 Å². The van der Waals surface area contributed by atoms with Gasteiger partial charge in [0.15, 0.2) is 0 Å². The first kappa shape index (κ1) is 16.0. The van der Waals surface area contributed by atoms with Gasteiger partial charge in [0, 0.05) is 9.85 Å². The van der Waals surface area contributed by atoms with E-state index in [1.165, 1.54) is 0 Å². The van der Waals surface area contributed by atoms with Crippen molar-refractivity contribution in [3.63, 3.8) is 0 Å². The van der Waals surface area contributed by atoms with Gasteiger partial charge in [-0.3, -0.25) is 0 Å². The highest BCUT2D eigenvalue weighted by molar-refractivity contribution is 9.09. The maximum Gasteiger partial charge on any atom is 0.120 e. The Balaban J connectivity index is 2.19. The molecule has 0 heterocycles. The van der Waals surface area contributed by atoms with Gasteiger partial charge in [-0.25, -0.2) is 0 Å². The lowest BCUT2D eigenvalue weighted by atomic mass is 10.0. The average Bonchev–Trinajstić information content (AvgIpc) is 2.42. The van der Waals surface area contributed by atoms with E-state index >= 15 is 0 Å². The van der Waals surface area contributed by atoms with Crippen LogP contribution in [-0.4, -0.2) is 7.11 Å². The number of ether oxygens (including phenoxy) is 1. The molecule has 0 aromatic heterocycles. The van der Waals surface area contributed by atoms with Crippen LogP contribution in [0.25, 0.3) is 0 Å². The zero-order valence-electron chi connectivity index (χ0n) is 10.7. The van der Waals surface area contributed by atoms with Crippen LogP contribution in [0.5, 0.6) is 5.75 Å². The van der Waals surface area contributed by atoms with Crippen LogP contribution in [0.4, 0.5) is 0 Å². The van der Waals surface area contributed by atoms with Gasteiger partial charge >= 0.3 is 0 Å². The first-order valence-electron chi connectivity index (χ1n) is 5.92. The lowest BCUT2D eigenvalue weighted by molar-refractivity contribution is 0.414. The predicted octanol–water partition coefficient (Wildman–Crippen LogP) is 6.33. The molecular formula is C15H12BrCl3O. The summed E-state index contributed by atoms with van der Waals surface area (Å²) in [6.07, 6.45) is 0.767. The smallest absolute Gasteiger partial charge is 0.120 e. The molecule has 1 nitrogen and oxygen atoms in total. The van der Waals surface area contributed by atoms with Crippen molar-refractivity contribution in [3.05, 3.63) is 62.6 Å². The minimum atomic E-state index is 0.0955. The predicted molar refractivity (Wildman–Crippen MR) is 89.8 cm³/mol. The number of alkyl halides is 1. The Morgan fingerprint density at radius 3 is 2.35 bits per heavy atom. The molecule has 0 aliphatic carbocycles. The number of hydrogen-bond donors (Lipinski definition) is 0. The normalized spacial score (nSPS) is 12.2. The molecule has 1 atom stereocenters. The van der Waals surface area contributed by atoms with E-state index in [0.717, 1.165) is 23.3 Å². The lowest BCUT2D eigenvalue weighted by Gasteiger charge is -2.13. The van der Waals surface area contributed by atoms with Crippen LogP contribution in [0, 0.1) is 0 Å². The molecule has 2 aromatic carbocycles. The highest BCUT2D eigenvalue weighted by Crippen LogP contribution is 2.35. The fraction of sp³-hybridized carbons (Fsp3) is 0.200. The van der Waals surface area contributed by atoms with Crippen LogP contribution in [0.15, 0.2) is 36.4 Å². The molecule has 0 aliphatic heterocycles. The Hall–Kier alpha value is -0.410. The van der Waals surface area contributed by atoms with Crippen LogP contribution < -0.4 is 4.74 Å². The van der Waals surface area contributed by atoms with E-state index in [2.05, 4.69) is 15.9 Å². The maximum atomic E-state index is 6.27. The van der Waals surface area contributed by atoms with E-state index in [4.69, 9.17) is 39.5 Å². The highest BCUT2D eigenvalue weighted by Gasteiger charge is 2.13. The first-order chi connectivity index (χ1) is 9.51. The Morgan fingerprint density at radius 1 is 1.00 bits per heavy atom. The van der Waals surface area contributed by atoms with Crippen LogP contribution in [-0.2, 0) is 6.42 Å². The molecule has 0 amide bonds. The van der Waals surface area contributed by atoms with Crippen molar-refractivity contribution >= 4 is 50.7 Å². The van der Waals surface area contributed by atoms with E-state index in [9.17, 15) is 0 Å². The molecule has 0 fully saturated rings. The topological polar surface area (TPSA) is 9.23 Å². The van der Waals surface area contributed by atoms with Crippen molar-refractivity contribution in [1.82, 2.24) is 0 Å². The standard InChI is InChI=1S/C15H12BrCl3O/c1-20-10-3-4-11(14(18)8-10)12(16)6-9-2-5-13(17)15(19)7-9/h2-5,7-8,12H,6H2,1H3. The molecule has 1 unspecified atom stereocenters. The summed E-state index contributed by atoms with van der Waals surface area (Å²) in [7, 11) is 1.62. The van der Waals surface area contributed by atoms with Crippen LogP contribution in [0.1, 0.15) is 16.0 Å².